The molecule has 0 amide bonds. The van der Waals surface area contributed by atoms with Crippen molar-refractivity contribution >= 4 is 5.78 Å². The van der Waals surface area contributed by atoms with E-state index in [4.69, 9.17) is 0 Å². The maximum Gasteiger partial charge on any atom is 0.149 e. The Balaban J connectivity index is 1.95. The van der Waals surface area contributed by atoms with Gasteiger partial charge in [-0.15, -0.1) is 0 Å². The van der Waals surface area contributed by atoms with Gasteiger partial charge < -0.3 is 5.11 Å². The number of likely N-dealkylation sites (N-methyl/N-ethyl adjacent to an activating group) is 1. The van der Waals surface area contributed by atoms with E-state index in [-0.39, 0.29) is 18.2 Å². The first-order valence-electron chi connectivity index (χ1n) is 5.63. The van der Waals surface area contributed by atoms with Gasteiger partial charge >= 0.3 is 0 Å². The molecule has 14 heavy (non-hydrogen) atoms. The zero-order chi connectivity index (χ0) is 10.1. The molecule has 2 rings (SSSR count). The van der Waals surface area contributed by atoms with Crippen molar-refractivity contribution in [2.45, 2.75) is 56.7 Å². The Hall–Kier alpha value is -0.410. The van der Waals surface area contributed by atoms with Gasteiger partial charge in [0.2, 0.25) is 0 Å². The third-order valence-electron chi connectivity index (χ3n) is 3.74. The van der Waals surface area contributed by atoms with Crippen LogP contribution in [0.15, 0.2) is 0 Å². The number of nitrogens with zero attached hydrogens (tertiary/aromatic N) is 1. The van der Waals surface area contributed by atoms with E-state index < -0.39 is 0 Å². The minimum atomic E-state index is -0.199. The lowest BCUT2D eigenvalue weighted by Crippen LogP contribution is -2.55. The fourth-order valence-corrected chi connectivity index (χ4v) is 2.57. The lowest BCUT2D eigenvalue weighted by Gasteiger charge is -2.43. The van der Waals surface area contributed by atoms with Crippen molar-refractivity contribution in [3.63, 3.8) is 0 Å². The summed E-state index contributed by atoms with van der Waals surface area (Å²) in [6, 6.07) is 0.325. The Bertz CT molecular complexity index is 229. The molecule has 1 N–H and O–H groups in total. The summed E-state index contributed by atoms with van der Waals surface area (Å²) in [5, 5.41) is 9.54. The zero-order valence-corrected chi connectivity index (χ0v) is 8.78. The summed E-state index contributed by atoms with van der Waals surface area (Å²) in [5.41, 5.74) is 0. The van der Waals surface area contributed by atoms with E-state index in [1.807, 2.05) is 7.05 Å². The maximum absolute atomic E-state index is 11.7. The van der Waals surface area contributed by atoms with Crippen LogP contribution in [0.1, 0.15) is 38.5 Å². The van der Waals surface area contributed by atoms with Gasteiger partial charge in [0, 0.05) is 12.5 Å². The van der Waals surface area contributed by atoms with Crippen molar-refractivity contribution in [1.82, 2.24) is 4.90 Å². The van der Waals surface area contributed by atoms with Gasteiger partial charge in [-0.05, 0) is 32.7 Å². The van der Waals surface area contributed by atoms with Gasteiger partial charge in [-0.2, -0.15) is 0 Å². The average molecular weight is 197 g/mol. The molecular weight excluding hydrogens is 178 g/mol. The summed E-state index contributed by atoms with van der Waals surface area (Å²) in [6.45, 7) is 0. The highest BCUT2D eigenvalue weighted by Gasteiger charge is 2.38. The molecule has 80 valence electrons. The van der Waals surface area contributed by atoms with Crippen molar-refractivity contribution in [3.8, 4) is 0 Å². The second-order valence-electron chi connectivity index (χ2n) is 4.61. The van der Waals surface area contributed by atoms with Gasteiger partial charge in [-0.3, -0.25) is 9.69 Å². The van der Waals surface area contributed by atoms with Gasteiger partial charge in [0.05, 0.1) is 12.1 Å². The smallest absolute Gasteiger partial charge is 0.149 e. The van der Waals surface area contributed by atoms with Gasteiger partial charge in [-0.1, -0.05) is 6.42 Å². The van der Waals surface area contributed by atoms with Crippen LogP contribution >= 0.6 is 0 Å². The second kappa shape index (κ2) is 3.99. The number of carbonyl (C=O) groups is 1. The number of hydrogen-bond donors (Lipinski definition) is 1. The quantitative estimate of drug-likeness (QED) is 0.716. The number of aliphatic hydroxyl groups excluding tert-OH is 1. The lowest BCUT2D eigenvalue weighted by atomic mass is 9.84. The molecule has 3 unspecified atom stereocenters. The van der Waals surface area contributed by atoms with Crippen molar-refractivity contribution in [3.05, 3.63) is 0 Å². The monoisotopic (exact) mass is 197 g/mol. The molecule has 2 aliphatic rings. The van der Waals surface area contributed by atoms with Crippen molar-refractivity contribution < 1.29 is 9.90 Å². The summed E-state index contributed by atoms with van der Waals surface area (Å²) in [4.78, 5) is 13.8. The Kier molecular flexibility index (Phi) is 2.88. The normalized spacial score (nSPS) is 38.5. The molecule has 3 atom stereocenters. The van der Waals surface area contributed by atoms with Gasteiger partial charge in [0.25, 0.3) is 0 Å². The van der Waals surface area contributed by atoms with Crippen LogP contribution in [-0.4, -0.2) is 41.0 Å². The molecule has 0 heterocycles. The number of Topliss-reactive ketones (excluding diaryl/α,β-unsaturated/α-hetero) is 1. The summed E-state index contributed by atoms with van der Waals surface area (Å²) in [6.07, 6.45) is 5.67. The fourth-order valence-electron chi connectivity index (χ4n) is 2.57. The lowest BCUT2D eigenvalue weighted by molar-refractivity contribution is -0.129. The first-order chi connectivity index (χ1) is 6.70. The molecule has 0 aromatic rings. The topological polar surface area (TPSA) is 40.5 Å². The standard InChI is InChI=1S/C11H19NO2/c1-12(9-6-7-11(9)14)8-4-2-3-5-10(8)13/h8-9,11,14H,2-7H2,1H3. The van der Waals surface area contributed by atoms with E-state index in [0.717, 1.165) is 38.5 Å². The van der Waals surface area contributed by atoms with Gasteiger partial charge in [0.1, 0.15) is 5.78 Å². The SMILES string of the molecule is CN(C1CCCCC1=O)C1CCC1O. The van der Waals surface area contributed by atoms with E-state index in [0.29, 0.717) is 5.78 Å². The van der Waals surface area contributed by atoms with Crippen LogP contribution in [0.5, 0.6) is 0 Å². The molecule has 0 aromatic heterocycles. The predicted molar refractivity (Wildman–Crippen MR) is 54.1 cm³/mol. The number of ketones is 1. The van der Waals surface area contributed by atoms with Crippen LogP contribution < -0.4 is 0 Å². The van der Waals surface area contributed by atoms with Crippen LogP contribution in [0.25, 0.3) is 0 Å². The molecule has 3 heteroatoms. The Morgan fingerprint density at radius 3 is 2.57 bits per heavy atom. The molecule has 0 aliphatic heterocycles. The van der Waals surface area contributed by atoms with Crippen LogP contribution in [-0.2, 0) is 4.79 Å². The van der Waals surface area contributed by atoms with Crippen molar-refractivity contribution in [1.29, 1.82) is 0 Å². The minimum absolute atomic E-state index is 0.0868. The number of carbonyl (C=O) groups excluding carboxylic acids is 1. The van der Waals surface area contributed by atoms with Crippen LogP contribution in [0.3, 0.4) is 0 Å². The van der Waals surface area contributed by atoms with E-state index in [9.17, 15) is 9.90 Å². The first kappa shape index (κ1) is 10.1. The molecular formula is C11H19NO2. The third kappa shape index (κ3) is 1.71. The fraction of sp³-hybridized carbons (Fsp3) is 0.909. The highest BCUT2D eigenvalue weighted by atomic mass is 16.3. The van der Waals surface area contributed by atoms with Crippen LogP contribution in [0.4, 0.5) is 0 Å². The molecule has 2 saturated carbocycles. The van der Waals surface area contributed by atoms with E-state index in [1.165, 1.54) is 0 Å². The zero-order valence-electron chi connectivity index (χ0n) is 8.78. The molecule has 2 fully saturated rings. The summed E-state index contributed by atoms with van der Waals surface area (Å²) >= 11 is 0. The average Bonchev–Trinajstić information content (AvgIpc) is 2.16. The molecule has 0 aromatic carbocycles. The summed E-state index contributed by atoms with van der Waals surface area (Å²) in [5.74, 6) is 0.373. The second-order valence-corrected chi connectivity index (χ2v) is 4.61. The van der Waals surface area contributed by atoms with Gasteiger partial charge in [-0.25, -0.2) is 0 Å². The van der Waals surface area contributed by atoms with Crippen molar-refractivity contribution in [2.24, 2.45) is 0 Å². The first-order valence-corrected chi connectivity index (χ1v) is 5.63. The van der Waals surface area contributed by atoms with E-state index in [1.54, 1.807) is 0 Å². The highest BCUT2D eigenvalue weighted by Crippen LogP contribution is 2.29. The Morgan fingerprint density at radius 1 is 1.29 bits per heavy atom. The Morgan fingerprint density at radius 2 is 2.07 bits per heavy atom. The maximum atomic E-state index is 11.7. The van der Waals surface area contributed by atoms with Crippen LogP contribution in [0.2, 0.25) is 0 Å². The molecule has 0 spiro atoms. The van der Waals surface area contributed by atoms with E-state index >= 15 is 0 Å². The predicted octanol–water partition coefficient (Wildman–Crippen LogP) is 0.953. The van der Waals surface area contributed by atoms with Crippen LogP contribution in [0, 0.1) is 0 Å². The molecule has 3 nitrogen and oxygen atoms in total. The van der Waals surface area contributed by atoms with E-state index in [2.05, 4.69) is 4.90 Å². The Labute approximate surface area is 85.1 Å². The highest BCUT2D eigenvalue weighted by molar-refractivity contribution is 5.84. The summed E-state index contributed by atoms with van der Waals surface area (Å²) in [7, 11) is 1.99. The number of aliphatic hydroxyl groups is 1. The van der Waals surface area contributed by atoms with Gasteiger partial charge in [0.15, 0.2) is 0 Å². The minimum Gasteiger partial charge on any atom is -0.391 e. The number of hydrogen-bond acceptors (Lipinski definition) is 3. The largest absolute Gasteiger partial charge is 0.391 e. The molecule has 0 radical (unpaired) electrons. The third-order valence-corrected chi connectivity index (χ3v) is 3.74. The number of rotatable bonds is 2. The molecule has 2 aliphatic carbocycles. The van der Waals surface area contributed by atoms with Crippen molar-refractivity contribution in [2.75, 3.05) is 7.05 Å². The summed E-state index contributed by atoms with van der Waals surface area (Å²) < 4.78 is 0. The molecule has 0 saturated heterocycles. The molecule has 0 bridgehead atoms.